The largest absolute Gasteiger partial charge is 0.379 e. The van der Waals surface area contributed by atoms with Crippen molar-refractivity contribution in [2.75, 3.05) is 26.4 Å². The Balaban J connectivity index is 2.17. The summed E-state index contributed by atoms with van der Waals surface area (Å²) in [5, 5.41) is 3.44. The monoisotopic (exact) mass is 201 g/mol. The molecule has 14 heavy (non-hydrogen) atoms. The predicted octanol–water partition coefficient (Wildman–Crippen LogP) is 1.43. The van der Waals surface area contributed by atoms with E-state index < -0.39 is 0 Å². The van der Waals surface area contributed by atoms with Gasteiger partial charge in [-0.25, -0.2) is 0 Å². The summed E-state index contributed by atoms with van der Waals surface area (Å²) < 4.78 is 11.1. The molecule has 0 saturated carbocycles. The Morgan fingerprint density at radius 2 is 2.29 bits per heavy atom. The third-order valence-corrected chi connectivity index (χ3v) is 2.67. The molecule has 1 fully saturated rings. The minimum atomic E-state index is 0.329. The maximum Gasteiger partial charge on any atom is 0.0831 e. The summed E-state index contributed by atoms with van der Waals surface area (Å²) >= 11 is 0. The average molecular weight is 201 g/mol. The summed E-state index contributed by atoms with van der Waals surface area (Å²) in [5.74, 6) is 0.622. The maximum atomic E-state index is 5.79. The molecule has 3 nitrogen and oxygen atoms in total. The smallest absolute Gasteiger partial charge is 0.0831 e. The van der Waals surface area contributed by atoms with E-state index in [9.17, 15) is 0 Å². The van der Waals surface area contributed by atoms with Gasteiger partial charge in [-0.2, -0.15) is 0 Å². The molecule has 1 aliphatic heterocycles. The van der Waals surface area contributed by atoms with Crippen molar-refractivity contribution in [1.82, 2.24) is 5.32 Å². The number of nitrogens with one attached hydrogen (secondary N) is 1. The quantitative estimate of drug-likeness (QED) is 0.705. The van der Waals surface area contributed by atoms with Crippen LogP contribution in [0, 0.1) is 5.92 Å². The van der Waals surface area contributed by atoms with Crippen LogP contribution in [0.2, 0.25) is 0 Å². The lowest BCUT2D eigenvalue weighted by Crippen LogP contribution is -2.39. The average Bonchev–Trinajstić information content (AvgIpc) is 2.64. The molecule has 3 heteroatoms. The van der Waals surface area contributed by atoms with E-state index in [1.54, 1.807) is 0 Å². The highest BCUT2D eigenvalue weighted by atomic mass is 16.5. The van der Waals surface area contributed by atoms with Crippen molar-refractivity contribution < 1.29 is 9.47 Å². The number of ether oxygens (including phenoxy) is 2. The highest BCUT2D eigenvalue weighted by Gasteiger charge is 2.19. The lowest BCUT2D eigenvalue weighted by Gasteiger charge is -2.23. The van der Waals surface area contributed by atoms with Crippen LogP contribution in [-0.4, -0.2) is 38.5 Å². The summed E-state index contributed by atoms with van der Waals surface area (Å²) in [6.45, 7) is 10.0. The van der Waals surface area contributed by atoms with Crippen molar-refractivity contribution in [3.05, 3.63) is 0 Å². The first-order valence-electron chi connectivity index (χ1n) is 5.66. The lowest BCUT2D eigenvalue weighted by atomic mass is 10.1. The van der Waals surface area contributed by atoms with Gasteiger partial charge in [0, 0.05) is 12.6 Å². The van der Waals surface area contributed by atoms with Crippen LogP contribution in [0.15, 0.2) is 0 Å². The third-order valence-electron chi connectivity index (χ3n) is 2.67. The Hall–Kier alpha value is -0.120. The van der Waals surface area contributed by atoms with Crippen molar-refractivity contribution in [1.29, 1.82) is 0 Å². The molecule has 1 aliphatic rings. The van der Waals surface area contributed by atoms with Gasteiger partial charge in [0.15, 0.2) is 0 Å². The number of hydrogen-bond donors (Lipinski definition) is 1. The molecule has 0 aromatic carbocycles. The first-order chi connectivity index (χ1) is 6.74. The van der Waals surface area contributed by atoms with E-state index in [0.29, 0.717) is 18.1 Å². The van der Waals surface area contributed by atoms with Gasteiger partial charge in [0.05, 0.1) is 19.3 Å². The number of rotatable bonds is 6. The zero-order chi connectivity index (χ0) is 10.4. The van der Waals surface area contributed by atoms with Crippen LogP contribution in [0.5, 0.6) is 0 Å². The second-order valence-corrected chi connectivity index (χ2v) is 4.23. The van der Waals surface area contributed by atoms with Gasteiger partial charge in [0.1, 0.15) is 0 Å². The van der Waals surface area contributed by atoms with E-state index in [-0.39, 0.29) is 0 Å². The fraction of sp³-hybridized carbons (Fsp3) is 1.00. The molecule has 2 atom stereocenters. The highest BCUT2D eigenvalue weighted by molar-refractivity contribution is 4.71. The van der Waals surface area contributed by atoms with Gasteiger partial charge in [-0.1, -0.05) is 20.8 Å². The molecule has 1 N–H and O–H groups in total. The minimum absolute atomic E-state index is 0.329. The molecular weight excluding hydrogens is 178 g/mol. The summed E-state index contributed by atoms with van der Waals surface area (Å²) in [4.78, 5) is 0. The summed E-state index contributed by atoms with van der Waals surface area (Å²) in [6.07, 6.45) is 1.38. The van der Waals surface area contributed by atoms with Crippen LogP contribution < -0.4 is 5.32 Å². The molecule has 0 spiro atoms. The summed E-state index contributed by atoms with van der Waals surface area (Å²) in [6, 6.07) is 0.473. The maximum absolute atomic E-state index is 5.79. The predicted molar refractivity (Wildman–Crippen MR) is 57.5 cm³/mol. The van der Waals surface area contributed by atoms with Crippen LogP contribution in [0.3, 0.4) is 0 Å². The van der Waals surface area contributed by atoms with Crippen molar-refractivity contribution in [3.8, 4) is 0 Å². The molecule has 0 amide bonds. The van der Waals surface area contributed by atoms with Gasteiger partial charge >= 0.3 is 0 Å². The van der Waals surface area contributed by atoms with Crippen LogP contribution in [0.4, 0.5) is 0 Å². The Morgan fingerprint density at radius 3 is 2.79 bits per heavy atom. The fourth-order valence-electron chi connectivity index (χ4n) is 1.63. The van der Waals surface area contributed by atoms with Crippen molar-refractivity contribution in [2.24, 2.45) is 5.92 Å². The van der Waals surface area contributed by atoms with E-state index in [1.165, 1.54) is 0 Å². The molecule has 0 aliphatic carbocycles. The molecule has 2 unspecified atom stereocenters. The summed E-state index contributed by atoms with van der Waals surface area (Å²) in [7, 11) is 0. The van der Waals surface area contributed by atoms with Gasteiger partial charge in [0.25, 0.3) is 0 Å². The number of likely N-dealkylation sites (N-methyl/N-ethyl adjacent to an activating group) is 1. The first-order valence-corrected chi connectivity index (χ1v) is 5.66. The number of hydrogen-bond acceptors (Lipinski definition) is 3. The van der Waals surface area contributed by atoms with E-state index in [4.69, 9.17) is 9.47 Å². The van der Waals surface area contributed by atoms with Gasteiger partial charge in [-0.15, -0.1) is 0 Å². The normalized spacial score (nSPS) is 24.4. The van der Waals surface area contributed by atoms with Gasteiger partial charge in [0.2, 0.25) is 0 Å². The highest BCUT2D eigenvalue weighted by Crippen LogP contribution is 2.10. The molecular formula is C11H23NO2. The van der Waals surface area contributed by atoms with Crippen LogP contribution in [0.25, 0.3) is 0 Å². The Labute approximate surface area is 87.2 Å². The molecule has 0 radical (unpaired) electrons. The Morgan fingerprint density at radius 1 is 1.50 bits per heavy atom. The molecule has 1 rings (SSSR count). The second-order valence-electron chi connectivity index (χ2n) is 4.23. The van der Waals surface area contributed by atoms with E-state index in [0.717, 1.165) is 32.8 Å². The zero-order valence-electron chi connectivity index (χ0n) is 9.58. The van der Waals surface area contributed by atoms with Crippen LogP contribution >= 0.6 is 0 Å². The van der Waals surface area contributed by atoms with E-state index >= 15 is 0 Å². The minimum Gasteiger partial charge on any atom is -0.379 e. The topological polar surface area (TPSA) is 30.5 Å². The third kappa shape index (κ3) is 3.95. The molecule has 1 saturated heterocycles. The van der Waals surface area contributed by atoms with Crippen LogP contribution in [0.1, 0.15) is 27.2 Å². The molecule has 0 aromatic rings. The van der Waals surface area contributed by atoms with Crippen molar-refractivity contribution in [3.63, 3.8) is 0 Å². The lowest BCUT2D eigenvalue weighted by molar-refractivity contribution is 0.0234. The second kappa shape index (κ2) is 6.38. The molecule has 0 bridgehead atoms. The molecule has 84 valence electrons. The van der Waals surface area contributed by atoms with Gasteiger partial charge < -0.3 is 14.8 Å². The summed E-state index contributed by atoms with van der Waals surface area (Å²) in [5.41, 5.74) is 0. The van der Waals surface area contributed by atoms with Crippen molar-refractivity contribution in [2.45, 2.75) is 39.3 Å². The van der Waals surface area contributed by atoms with Gasteiger partial charge in [-0.3, -0.25) is 0 Å². The van der Waals surface area contributed by atoms with Crippen molar-refractivity contribution >= 4 is 0 Å². The first kappa shape index (κ1) is 12.0. The Bertz CT molecular complexity index is 144. The van der Waals surface area contributed by atoms with E-state index in [2.05, 4.69) is 26.1 Å². The Kier molecular flexibility index (Phi) is 5.45. The zero-order valence-corrected chi connectivity index (χ0v) is 9.58. The van der Waals surface area contributed by atoms with Gasteiger partial charge in [-0.05, 0) is 18.9 Å². The standard InChI is InChI=1S/C11H23NO2/c1-4-12-11(9(2)3)8-14-10-5-6-13-7-10/h9-12H,4-8H2,1-3H3. The van der Waals surface area contributed by atoms with Crippen LogP contribution in [-0.2, 0) is 9.47 Å². The SMILES string of the molecule is CCNC(COC1CCOC1)C(C)C. The molecule has 1 heterocycles. The fourth-order valence-corrected chi connectivity index (χ4v) is 1.63. The molecule has 0 aromatic heterocycles. The van der Waals surface area contributed by atoms with E-state index in [1.807, 2.05) is 0 Å².